The van der Waals surface area contributed by atoms with Crippen molar-refractivity contribution in [3.63, 3.8) is 0 Å². The van der Waals surface area contributed by atoms with Gasteiger partial charge in [-0.1, -0.05) is 80.9 Å². The van der Waals surface area contributed by atoms with Crippen LogP contribution in [0.15, 0.2) is 35.5 Å². The molecule has 0 heterocycles. The van der Waals surface area contributed by atoms with Gasteiger partial charge in [0.2, 0.25) is 0 Å². The first-order valence-electron chi connectivity index (χ1n) is 14.1. The molecule has 0 bridgehead atoms. The highest BCUT2D eigenvalue weighted by molar-refractivity contribution is 5.85. The molecule has 1 nitrogen and oxygen atoms in total. The van der Waals surface area contributed by atoms with E-state index in [1.165, 1.54) is 95.5 Å². The van der Waals surface area contributed by atoms with Crippen molar-refractivity contribution in [2.75, 3.05) is 0 Å². The lowest BCUT2D eigenvalue weighted by Crippen LogP contribution is -2.37. The smallest absolute Gasteiger partial charge is 0.140 e. The summed E-state index contributed by atoms with van der Waals surface area (Å²) in [7, 11) is 0. The molecular formula is C31H48O. The van der Waals surface area contributed by atoms with Crippen LogP contribution in [0.25, 0.3) is 0 Å². The first-order chi connectivity index (χ1) is 15.6. The molecule has 0 aliphatic heterocycles. The third-order valence-electron chi connectivity index (χ3n) is 9.64. The molecule has 0 aromatic rings. The van der Waals surface area contributed by atoms with E-state index in [1.54, 1.807) is 5.57 Å². The Morgan fingerprint density at radius 1 is 0.969 bits per heavy atom. The molecule has 4 aliphatic rings. The molecule has 3 saturated carbocycles. The van der Waals surface area contributed by atoms with Crippen molar-refractivity contribution in [2.45, 2.75) is 123 Å². The summed E-state index contributed by atoms with van der Waals surface area (Å²) in [5.41, 5.74) is 3.59. The third-order valence-corrected chi connectivity index (χ3v) is 9.64. The number of unbranched alkanes of at least 4 members (excludes halogenated alkanes) is 1. The molecule has 0 aromatic heterocycles. The summed E-state index contributed by atoms with van der Waals surface area (Å²) in [6, 6.07) is 0. The lowest BCUT2D eigenvalue weighted by atomic mass is 9.60. The molecule has 1 spiro atoms. The Morgan fingerprint density at radius 2 is 1.72 bits per heavy atom. The minimum Gasteiger partial charge on any atom is -0.299 e. The van der Waals surface area contributed by atoms with E-state index in [1.807, 2.05) is 0 Å². The molecule has 0 saturated heterocycles. The number of carbonyl (C=O) groups is 1. The summed E-state index contributed by atoms with van der Waals surface area (Å²) in [6.07, 6.45) is 31.4. The Morgan fingerprint density at radius 3 is 2.47 bits per heavy atom. The summed E-state index contributed by atoms with van der Waals surface area (Å²) >= 11 is 0. The first-order valence-corrected chi connectivity index (χ1v) is 14.1. The molecule has 2 unspecified atom stereocenters. The van der Waals surface area contributed by atoms with Crippen LogP contribution in [0, 0.1) is 29.1 Å². The van der Waals surface area contributed by atoms with Gasteiger partial charge in [0.1, 0.15) is 5.78 Å². The van der Waals surface area contributed by atoms with Crippen LogP contribution in [-0.4, -0.2) is 5.78 Å². The Kier molecular flexibility index (Phi) is 8.52. The Bertz CT molecular complexity index is 709. The SMILES string of the molecule is C/C=C1\CC2(CCCCC2)CC(=O)C1CCCCC1CCC(C2=CCC=CCC2C)CC1. The maximum Gasteiger partial charge on any atom is 0.140 e. The number of hydrogen-bond acceptors (Lipinski definition) is 1. The fourth-order valence-corrected chi connectivity index (χ4v) is 7.70. The van der Waals surface area contributed by atoms with Crippen LogP contribution in [0.2, 0.25) is 0 Å². The number of allylic oxidation sites excluding steroid dienone is 6. The van der Waals surface area contributed by atoms with Crippen molar-refractivity contribution >= 4 is 5.78 Å². The summed E-state index contributed by atoms with van der Waals surface area (Å²) in [4.78, 5) is 13.1. The van der Waals surface area contributed by atoms with Gasteiger partial charge in [0, 0.05) is 12.3 Å². The number of hydrogen-bond donors (Lipinski definition) is 0. The molecule has 2 atom stereocenters. The molecule has 1 heteroatoms. The van der Waals surface area contributed by atoms with Gasteiger partial charge in [0.15, 0.2) is 0 Å². The van der Waals surface area contributed by atoms with E-state index in [0.717, 1.165) is 37.0 Å². The zero-order valence-corrected chi connectivity index (χ0v) is 21.0. The van der Waals surface area contributed by atoms with Crippen molar-refractivity contribution in [3.8, 4) is 0 Å². The van der Waals surface area contributed by atoms with Gasteiger partial charge in [-0.15, -0.1) is 0 Å². The van der Waals surface area contributed by atoms with Crippen LogP contribution in [-0.2, 0) is 4.79 Å². The second-order valence-electron chi connectivity index (χ2n) is 11.8. The molecule has 3 fully saturated rings. The van der Waals surface area contributed by atoms with E-state index in [2.05, 4.69) is 38.2 Å². The van der Waals surface area contributed by atoms with Gasteiger partial charge in [-0.3, -0.25) is 4.79 Å². The maximum atomic E-state index is 13.1. The van der Waals surface area contributed by atoms with Gasteiger partial charge >= 0.3 is 0 Å². The van der Waals surface area contributed by atoms with Crippen LogP contribution in [0.1, 0.15) is 123 Å². The van der Waals surface area contributed by atoms with Crippen LogP contribution in [0.5, 0.6) is 0 Å². The fraction of sp³-hybridized carbons (Fsp3) is 0.774. The molecule has 0 amide bonds. The van der Waals surface area contributed by atoms with E-state index in [9.17, 15) is 4.79 Å². The van der Waals surface area contributed by atoms with Gasteiger partial charge in [-0.25, -0.2) is 0 Å². The van der Waals surface area contributed by atoms with E-state index >= 15 is 0 Å². The van der Waals surface area contributed by atoms with E-state index in [-0.39, 0.29) is 5.92 Å². The average molecular weight is 437 g/mol. The predicted molar refractivity (Wildman–Crippen MR) is 137 cm³/mol. The van der Waals surface area contributed by atoms with E-state index in [0.29, 0.717) is 11.2 Å². The van der Waals surface area contributed by atoms with Gasteiger partial charge in [-0.2, -0.15) is 0 Å². The second kappa shape index (κ2) is 11.3. The summed E-state index contributed by atoms with van der Waals surface area (Å²) in [5, 5.41) is 0. The van der Waals surface area contributed by atoms with E-state index in [4.69, 9.17) is 0 Å². The zero-order chi connectivity index (χ0) is 22.4. The van der Waals surface area contributed by atoms with Crippen LogP contribution in [0.3, 0.4) is 0 Å². The normalized spacial score (nSPS) is 34.5. The van der Waals surface area contributed by atoms with Crippen LogP contribution < -0.4 is 0 Å². The molecule has 32 heavy (non-hydrogen) atoms. The number of carbonyl (C=O) groups excluding carboxylic acids is 1. The summed E-state index contributed by atoms with van der Waals surface area (Å²) in [6.45, 7) is 4.60. The Hall–Kier alpha value is -1.11. The number of rotatable bonds is 6. The standard InChI is InChI=1S/C31H48O/c1-3-26-22-31(20-10-5-11-21-31)23-30(32)29(26)15-9-8-13-25-16-18-27(19-17-25)28-14-7-4-6-12-24(28)2/h3-4,6,14,24-25,27,29H,5,7-13,15-23H2,1-2H3/b26-3+. The van der Waals surface area contributed by atoms with Crippen LogP contribution >= 0.6 is 0 Å². The Labute approximate surface area is 198 Å². The van der Waals surface area contributed by atoms with Gasteiger partial charge < -0.3 is 0 Å². The van der Waals surface area contributed by atoms with Gasteiger partial charge in [0.25, 0.3) is 0 Å². The predicted octanol–water partition coefficient (Wildman–Crippen LogP) is 9.14. The molecule has 178 valence electrons. The van der Waals surface area contributed by atoms with Crippen molar-refractivity contribution in [1.29, 1.82) is 0 Å². The monoisotopic (exact) mass is 436 g/mol. The topological polar surface area (TPSA) is 17.1 Å². The second-order valence-corrected chi connectivity index (χ2v) is 11.8. The van der Waals surface area contributed by atoms with Gasteiger partial charge in [-0.05, 0) is 94.3 Å². The lowest BCUT2D eigenvalue weighted by molar-refractivity contribution is -0.127. The fourth-order valence-electron chi connectivity index (χ4n) is 7.70. The minimum absolute atomic E-state index is 0.251. The Balaban J connectivity index is 1.18. The first kappa shape index (κ1) is 24.0. The van der Waals surface area contributed by atoms with Crippen molar-refractivity contribution in [2.24, 2.45) is 29.1 Å². The molecule has 4 rings (SSSR count). The molecule has 0 aromatic carbocycles. The quantitative estimate of drug-likeness (QED) is 0.299. The maximum absolute atomic E-state index is 13.1. The molecule has 0 radical (unpaired) electrons. The molecule has 0 N–H and O–H groups in total. The average Bonchev–Trinajstić information content (AvgIpc) is 3.02. The van der Waals surface area contributed by atoms with Gasteiger partial charge in [0.05, 0.1) is 0 Å². The minimum atomic E-state index is 0.251. The van der Waals surface area contributed by atoms with Crippen molar-refractivity contribution in [1.82, 2.24) is 0 Å². The highest BCUT2D eigenvalue weighted by atomic mass is 16.1. The highest BCUT2D eigenvalue weighted by Gasteiger charge is 2.42. The third kappa shape index (κ3) is 5.87. The zero-order valence-electron chi connectivity index (χ0n) is 21.0. The summed E-state index contributed by atoms with van der Waals surface area (Å²) < 4.78 is 0. The number of Topliss-reactive ketones (excluding diaryl/α,β-unsaturated/α-hetero) is 1. The van der Waals surface area contributed by atoms with Crippen molar-refractivity contribution < 1.29 is 4.79 Å². The molecule has 4 aliphatic carbocycles. The van der Waals surface area contributed by atoms with Crippen molar-refractivity contribution in [3.05, 3.63) is 35.5 Å². The highest BCUT2D eigenvalue weighted by Crippen LogP contribution is 2.50. The summed E-state index contributed by atoms with van der Waals surface area (Å²) in [5.74, 6) is 3.36. The van der Waals surface area contributed by atoms with Crippen LogP contribution in [0.4, 0.5) is 0 Å². The lowest BCUT2D eigenvalue weighted by Gasteiger charge is -2.43. The molecular weight excluding hydrogens is 388 g/mol. The largest absolute Gasteiger partial charge is 0.299 e. The number of ketones is 1. The van der Waals surface area contributed by atoms with E-state index < -0.39 is 0 Å².